The first-order valence-corrected chi connectivity index (χ1v) is 2.85. The zero-order chi connectivity index (χ0) is 7.91. The second-order valence-electron chi connectivity index (χ2n) is 2.74. The van der Waals surface area contributed by atoms with E-state index < -0.39 is 0 Å². The minimum absolute atomic E-state index is 0.281. The monoisotopic (exact) mass is 138 g/mol. The molecule has 0 aromatic rings. The van der Waals surface area contributed by atoms with Gasteiger partial charge in [-0.2, -0.15) is 0 Å². The number of halogens is 1. The van der Waals surface area contributed by atoms with Gasteiger partial charge in [0.1, 0.15) is 6.54 Å². The first-order valence-electron chi connectivity index (χ1n) is 2.85. The van der Waals surface area contributed by atoms with Gasteiger partial charge in [0, 0.05) is 0 Å². The molecular formula is C6H17FNO+. The summed E-state index contributed by atoms with van der Waals surface area (Å²) >= 11 is 0. The van der Waals surface area contributed by atoms with Crippen molar-refractivity contribution in [3.63, 3.8) is 0 Å². The molecule has 58 valence electrons. The molecule has 9 heavy (non-hydrogen) atoms. The highest BCUT2D eigenvalue weighted by Gasteiger charge is 2.02. The van der Waals surface area contributed by atoms with E-state index in [0.717, 1.165) is 11.0 Å². The molecule has 0 saturated heterocycles. The molecule has 0 fully saturated rings. The van der Waals surface area contributed by atoms with Gasteiger partial charge in [0.05, 0.1) is 34.9 Å². The van der Waals surface area contributed by atoms with Crippen molar-refractivity contribution < 1.29 is 14.0 Å². The van der Waals surface area contributed by atoms with Gasteiger partial charge in [-0.3, -0.25) is 4.39 Å². The molecule has 0 aliphatic rings. The predicted octanol–water partition coefficient (Wildman–Crippen LogP) is 0.271. The van der Waals surface area contributed by atoms with Crippen LogP contribution in [0, 0.1) is 0 Å². The molecule has 3 heteroatoms. The third-order valence-corrected chi connectivity index (χ3v) is 0.771. The van der Waals surface area contributed by atoms with Crippen LogP contribution in [0.15, 0.2) is 0 Å². The highest BCUT2D eigenvalue weighted by Crippen LogP contribution is 1.84. The zero-order valence-corrected chi connectivity index (χ0v) is 6.69. The first kappa shape index (κ1) is 11.6. The highest BCUT2D eigenvalue weighted by molar-refractivity contribution is 4.19. The molecule has 0 unspecified atom stereocenters. The molecule has 2 nitrogen and oxygen atoms in total. The predicted molar refractivity (Wildman–Crippen MR) is 37.0 cm³/mol. The number of alkyl halides is 1. The van der Waals surface area contributed by atoms with Crippen molar-refractivity contribution in [2.45, 2.75) is 0 Å². The first-order chi connectivity index (χ1) is 4.06. The Kier molecular flexibility index (Phi) is 7.72. The summed E-state index contributed by atoms with van der Waals surface area (Å²) in [4.78, 5) is 0. The average Bonchev–Trinajstić information content (AvgIpc) is 1.69. The van der Waals surface area contributed by atoms with Gasteiger partial charge in [-0.05, 0) is 0 Å². The molecule has 0 rings (SSSR count). The Morgan fingerprint density at radius 1 is 1.22 bits per heavy atom. The van der Waals surface area contributed by atoms with E-state index in [0.29, 0.717) is 7.18 Å². The largest absolute Gasteiger partial charge is 0.391 e. The summed E-state index contributed by atoms with van der Waals surface area (Å²) in [5.74, 6) is 0. The summed E-state index contributed by atoms with van der Waals surface area (Å²) in [5, 5.41) is 8.39. The molecule has 0 saturated carbocycles. The van der Waals surface area contributed by atoms with Crippen LogP contribution in [0.5, 0.6) is 0 Å². The Bertz CT molecular complexity index is 51.5. The maximum absolute atomic E-state index is 9.50. The summed E-state index contributed by atoms with van der Waals surface area (Å²) in [6, 6.07) is 0. The van der Waals surface area contributed by atoms with Gasteiger partial charge in [0.25, 0.3) is 0 Å². The van der Waals surface area contributed by atoms with Crippen LogP contribution in [0.25, 0.3) is 0 Å². The minimum Gasteiger partial charge on any atom is -0.391 e. The second-order valence-corrected chi connectivity index (χ2v) is 2.74. The molecular weight excluding hydrogens is 121 g/mol. The third kappa shape index (κ3) is 18.1. The SMILES string of the molecule is CF.C[N+](C)(C)CCO. The second kappa shape index (κ2) is 5.98. The van der Waals surface area contributed by atoms with Crippen molar-refractivity contribution in [3.05, 3.63) is 0 Å². The lowest BCUT2D eigenvalue weighted by molar-refractivity contribution is -0.870. The van der Waals surface area contributed by atoms with Gasteiger partial charge < -0.3 is 9.59 Å². The van der Waals surface area contributed by atoms with E-state index in [-0.39, 0.29) is 6.61 Å². The number of aliphatic hydroxyl groups is 1. The molecule has 0 aromatic carbocycles. The third-order valence-electron chi connectivity index (χ3n) is 0.771. The fraction of sp³-hybridized carbons (Fsp3) is 1.00. The van der Waals surface area contributed by atoms with E-state index in [1.54, 1.807) is 0 Å². The van der Waals surface area contributed by atoms with Gasteiger partial charge in [0.15, 0.2) is 0 Å². The van der Waals surface area contributed by atoms with Crippen LogP contribution in [-0.4, -0.2) is 51.1 Å². The molecule has 0 bridgehead atoms. The standard InChI is InChI=1S/C5H14NO.CH3F/c1-6(2,3)4-5-7;1-2/h7H,4-5H2,1-3H3;1H3/q+1;. The van der Waals surface area contributed by atoms with E-state index in [1.165, 1.54) is 0 Å². The lowest BCUT2D eigenvalue weighted by atomic mass is 10.5. The van der Waals surface area contributed by atoms with Crippen molar-refractivity contribution in [2.24, 2.45) is 0 Å². The molecule has 0 aliphatic carbocycles. The smallest absolute Gasteiger partial charge is 0.101 e. The zero-order valence-electron chi connectivity index (χ0n) is 6.69. The molecule has 0 spiro atoms. The highest BCUT2D eigenvalue weighted by atomic mass is 19.1. The van der Waals surface area contributed by atoms with Crippen LogP contribution < -0.4 is 0 Å². The van der Waals surface area contributed by atoms with E-state index in [4.69, 9.17) is 5.11 Å². The summed E-state index contributed by atoms with van der Waals surface area (Å²) in [7, 11) is 6.66. The van der Waals surface area contributed by atoms with Gasteiger partial charge in [-0.1, -0.05) is 0 Å². The van der Waals surface area contributed by atoms with Crippen LogP contribution >= 0.6 is 0 Å². The average molecular weight is 138 g/mol. The number of hydrogen-bond donors (Lipinski definition) is 1. The van der Waals surface area contributed by atoms with E-state index >= 15 is 0 Å². The van der Waals surface area contributed by atoms with Crippen LogP contribution in [0.3, 0.4) is 0 Å². The van der Waals surface area contributed by atoms with Gasteiger partial charge in [-0.15, -0.1) is 0 Å². The normalized spacial score (nSPS) is 10.0. The number of likely N-dealkylation sites (N-methyl/N-ethyl adjacent to an activating group) is 1. The Hall–Kier alpha value is -0.150. The molecule has 0 atom stereocenters. The summed E-state index contributed by atoms with van der Waals surface area (Å²) in [6.07, 6.45) is 0. The van der Waals surface area contributed by atoms with Gasteiger partial charge >= 0.3 is 0 Å². The molecule has 0 heterocycles. The summed E-state index contributed by atoms with van der Waals surface area (Å²) in [6.45, 7) is 1.11. The fourth-order valence-corrected chi connectivity index (χ4v) is 0.300. The Balaban J connectivity index is 0. The minimum atomic E-state index is 0.281. The molecule has 0 aromatic heterocycles. The van der Waals surface area contributed by atoms with Crippen LogP contribution in [-0.2, 0) is 0 Å². The Labute approximate surface area is 56.5 Å². The van der Waals surface area contributed by atoms with Crippen molar-refractivity contribution in [2.75, 3.05) is 41.5 Å². The summed E-state index contributed by atoms with van der Waals surface area (Å²) < 4.78 is 10.3. The fourth-order valence-electron chi connectivity index (χ4n) is 0.300. The number of rotatable bonds is 2. The quantitative estimate of drug-likeness (QED) is 0.543. The van der Waals surface area contributed by atoms with Crippen LogP contribution in [0.1, 0.15) is 0 Å². The van der Waals surface area contributed by atoms with Gasteiger partial charge in [-0.25, -0.2) is 0 Å². The van der Waals surface area contributed by atoms with Crippen LogP contribution in [0.4, 0.5) is 4.39 Å². The molecule has 1 N–H and O–H groups in total. The van der Waals surface area contributed by atoms with Crippen molar-refractivity contribution in [3.8, 4) is 0 Å². The van der Waals surface area contributed by atoms with E-state index in [1.807, 2.05) is 0 Å². The summed E-state index contributed by atoms with van der Waals surface area (Å²) in [5.41, 5.74) is 0. The molecule has 0 amide bonds. The van der Waals surface area contributed by atoms with Crippen molar-refractivity contribution >= 4 is 0 Å². The maximum Gasteiger partial charge on any atom is 0.101 e. The Morgan fingerprint density at radius 3 is 1.56 bits per heavy atom. The lowest BCUT2D eigenvalue weighted by Crippen LogP contribution is -2.36. The Morgan fingerprint density at radius 2 is 1.56 bits per heavy atom. The topological polar surface area (TPSA) is 20.2 Å². The van der Waals surface area contributed by atoms with E-state index in [2.05, 4.69) is 21.1 Å². The van der Waals surface area contributed by atoms with Crippen molar-refractivity contribution in [1.82, 2.24) is 0 Å². The number of nitrogens with zero attached hydrogens (tertiary/aromatic N) is 1. The number of quaternary nitrogens is 1. The number of aliphatic hydroxyl groups excluding tert-OH is 1. The van der Waals surface area contributed by atoms with Crippen molar-refractivity contribution in [1.29, 1.82) is 0 Å². The van der Waals surface area contributed by atoms with Crippen LogP contribution in [0.2, 0.25) is 0 Å². The van der Waals surface area contributed by atoms with Gasteiger partial charge in [0.2, 0.25) is 0 Å². The maximum atomic E-state index is 9.50. The van der Waals surface area contributed by atoms with E-state index in [9.17, 15) is 4.39 Å². The lowest BCUT2D eigenvalue weighted by Gasteiger charge is -2.21. The number of hydrogen-bond acceptors (Lipinski definition) is 1. The molecule has 0 aliphatic heterocycles. The molecule has 0 radical (unpaired) electrons.